The van der Waals surface area contributed by atoms with Crippen LogP contribution in [0.15, 0.2) is 0 Å². The van der Waals surface area contributed by atoms with Gasteiger partial charge in [0.2, 0.25) is 5.91 Å². The van der Waals surface area contributed by atoms with Gasteiger partial charge in [0.05, 0.1) is 6.04 Å². The molecule has 13 heavy (non-hydrogen) atoms. The molecule has 1 aliphatic carbocycles. The molecular formula is C11H17NO. The molecule has 0 aromatic heterocycles. The van der Waals surface area contributed by atoms with Crippen molar-refractivity contribution in [3.8, 4) is 12.3 Å². The first-order valence-electron chi connectivity index (χ1n) is 5.04. The van der Waals surface area contributed by atoms with Gasteiger partial charge in [0.1, 0.15) is 0 Å². The van der Waals surface area contributed by atoms with Gasteiger partial charge in [-0.25, -0.2) is 0 Å². The van der Waals surface area contributed by atoms with Gasteiger partial charge in [-0.05, 0) is 19.3 Å². The van der Waals surface area contributed by atoms with Crippen LogP contribution in [0, 0.1) is 18.3 Å². The van der Waals surface area contributed by atoms with Crippen molar-refractivity contribution >= 4 is 5.91 Å². The molecule has 1 amide bonds. The van der Waals surface area contributed by atoms with Gasteiger partial charge in [0.15, 0.2) is 0 Å². The minimum atomic E-state index is -0.0758. The largest absolute Gasteiger partial charge is 0.342 e. The Kier molecular flexibility index (Phi) is 3.82. The Hall–Kier alpha value is -0.970. The van der Waals surface area contributed by atoms with Crippen LogP contribution in [0.5, 0.6) is 0 Å². The average molecular weight is 179 g/mol. The first kappa shape index (κ1) is 10.1. The highest BCUT2D eigenvalue weighted by atomic mass is 16.1. The molecule has 1 unspecified atom stereocenters. The molecule has 2 heteroatoms. The summed E-state index contributed by atoms with van der Waals surface area (Å²) in [5.41, 5.74) is 0. The maximum atomic E-state index is 11.6. The van der Waals surface area contributed by atoms with Crippen LogP contribution in [0.3, 0.4) is 0 Å². The van der Waals surface area contributed by atoms with Gasteiger partial charge in [0, 0.05) is 5.92 Å². The van der Waals surface area contributed by atoms with Crippen LogP contribution in [0.25, 0.3) is 0 Å². The highest BCUT2D eigenvalue weighted by Crippen LogP contribution is 2.24. The quantitative estimate of drug-likeness (QED) is 0.656. The summed E-state index contributed by atoms with van der Waals surface area (Å²) in [7, 11) is 0. The lowest BCUT2D eigenvalue weighted by molar-refractivity contribution is -0.125. The van der Waals surface area contributed by atoms with Crippen molar-refractivity contribution in [1.82, 2.24) is 5.32 Å². The molecule has 72 valence electrons. The first-order valence-corrected chi connectivity index (χ1v) is 5.04. The Morgan fingerprint density at radius 1 is 1.62 bits per heavy atom. The van der Waals surface area contributed by atoms with Crippen LogP contribution < -0.4 is 5.32 Å². The van der Waals surface area contributed by atoms with Gasteiger partial charge in [0.25, 0.3) is 0 Å². The van der Waals surface area contributed by atoms with Crippen LogP contribution >= 0.6 is 0 Å². The third-order valence-electron chi connectivity index (χ3n) is 2.65. The third-order valence-corrected chi connectivity index (χ3v) is 2.65. The van der Waals surface area contributed by atoms with Crippen LogP contribution in [-0.2, 0) is 4.79 Å². The van der Waals surface area contributed by atoms with Gasteiger partial charge in [-0.3, -0.25) is 4.79 Å². The Balaban J connectivity index is 2.35. The normalized spacial score (nSPS) is 19.4. The van der Waals surface area contributed by atoms with E-state index in [0.29, 0.717) is 0 Å². The zero-order chi connectivity index (χ0) is 9.68. The SMILES string of the molecule is C#CC(CC)NC(=O)C1CCCC1. The Labute approximate surface area is 80.1 Å². The summed E-state index contributed by atoms with van der Waals surface area (Å²) < 4.78 is 0. The van der Waals surface area contributed by atoms with Crippen LogP contribution in [-0.4, -0.2) is 11.9 Å². The summed E-state index contributed by atoms with van der Waals surface area (Å²) in [6, 6.07) is -0.0758. The molecule has 1 fully saturated rings. The molecule has 0 aromatic rings. The minimum absolute atomic E-state index is 0.0758. The Bertz CT molecular complexity index is 211. The summed E-state index contributed by atoms with van der Waals surface area (Å²) >= 11 is 0. The lowest BCUT2D eigenvalue weighted by Gasteiger charge is -2.14. The van der Waals surface area contributed by atoms with Crippen LogP contribution in [0.4, 0.5) is 0 Å². The highest BCUT2D eigenvalue weighted by molar-refractivity contribution is 5.79. The number of amides is 1. The molecule has 0 aliphatic heterocycles. The summed E-state index contributed by atoms with van der Waals surface area (Å²) in [6.45, 7) is 1.99. The van der Waals surface area contributed by atoms with E-state index < -0.39 is 0 Å². The molecule has 0 bridgehead atoms. The number of hydrogen-bond donors (Lipinski definition) is 1. The highest BCUT2D eigenvalue weighted by Gasteiger charge is 2.23. The fourth-order valence-corrected chi connectivity index (χ4v) is 1.74. The van der Waals surface area contributed by atoms with E-state index in [1.165, 1.54) is 12.8 Å². The molecule has 1 rings (SSSR count). The van der Waals surface area contributed by atoms with Crippen molar-refractivity contribution in [3.05, 3.63) is 0 Å². The van der Waals surface area contributed by atoms with E-state index >= 15 is 0 Å². The Morgan fingerprint density at radius 3 is 2.69 bits per heavy atom. The molecule has 1 N–H and O–H groups in total. The zero-order valence-electron chi connectivity index (χ0n) is 8.18. The first-order chi connectivity index (χ1) is 6.27. The second kappa shape index (κ2) is 4.91. The van der Waals surface area contributed by atoms with Crippen LogP contribution in [0.1, 0.15) is 39.0 Å². The number of carbonyl (C=O) groups excluding carboxylic acids is 1. The van der Waals surface area contributed by atoms with Crippen molar-refractivity contribution in [2.24, 2.45) is 5.92 Å². The van der Waals surface area contributed by atoms with Crippen molar-refractivity contribution < 1.29 is 4.79 Å². The number of rotatable bonds is 3. The molecule has 1 aliphatic rings. The maximum Gasteiger partial charge on any atom is 0.224 e. The number of nitrogens with one attached hydrogen (secondary N) is 1. The second-order valence-electron chi connectivity index (χ2n) is 3.62. The molecule has 0 heterocycles. The minimum Gasteiger partial charge on any atom is -0.342 e. The molecule has 2 nitrogen and oxygen atoms in total. The molecule has 0 spiro atoms. The van der Waals surface area contributed by atoms with Gasteiger partial charge in [-0.2, -0.15) is 0 Å². The molecular weight excluding hydrogens is 162 g/mol. The fourth-order valence-electron chi connectivity index (χ4n) is 1.74. The molecule has 0 aromatic carbocycles. The second-order valence-corrected chi connectivity index (χ2v) is 3.62. The maximum absolute atomic E-state index is 11.6. The zero-order valence-corrected chi connectivity index (χ0v) is 8.18. The summed E-state index contributed by atoms with van der Waals surface area (Å²) in [5.74, 6) is 2.95. The van der Waals surface area contributed by atoms with Gasteiger partial charge >= 0.3 is 0 Å². The van der Waals surface area contributed by atoms with Crippen molar-refractivity contribution in [1.29, 1.82) is 0 Å². The third kappa shape index (κ3) is 2.77. The summed E-state index contributed by atoms with van der Waals surface area (Å²) in [5, 5.41) is 2.88. The summed E-state index contributed by atoms with van der Waals surface area (Å²) in [6.07, 6.45) is 10.5. The van der Waals surface area contributed by atoms with Crippen molar-refractivity contribution in [2.75, 3.05) is 0 Å². The predicted molar refractivity (Wildman–Crippen MR) is 53.0 cm³/mol. The van der Waals surface area contributed by atoms with Crippen LogP contribution in [0.2, 0.25) is 0 Å². The average Bonchev–Trinajstić information content (AvgIpc) is 2.66. The van der Waals surface area contributed by atoms with E-state index in [1.54, 1.807) is 0 Å². The number of hydrogen-bond acceptors (Lipinski definition) is 1. The van der Waals surface area contributed by atoms with E-state index in [9.17, 15) is 4.79 Å². The Morgan fingerprint density at radius 2 is 2.23 bits per heavy atom. The van der Waals surface area contributed by atoms with E-state index in [4.69, 9.17) is 6.42 Å². The molecule has 1 saturated carbocycles. The van der Waals surface area contributed by atoms with E-state index in [2.05, 4.69) is 11.2 Å². The van der Waals surface area contributed by atoms with E-state index in [0.717, 1.165) is 19.3 Å². The topological polar surface area (TPSA) is 29.1 Å². The standard InChI is InChI=1S/C11H17NO/c1-3-10(4-2)12-11(13)9-7-5-6-8-9/h1,9-10H,4-8H2,2H3,(H,12,13). The van der Waals surface area contributed by atoms with E-state index in [-0.39, 0.29) is 17.9 Å². The van der Waals surface area contributed by atoms with E-state index in [1.807, 2.05) is 6.92 Å². The van der Waals surface area contributed by atoms with Crippen molar-refractivity contribution in [2.45, 2.75) is 45.1 Å². The number of terminal acetylenes is 1. The molecule has 0 radical (unpaired) electrons. The summed E-state index contributed by atoms with van der Waals surface area (Å²) in [4.78, 5) is 11.6. The smallest absolute Gasteiger partial charge is 0.224 e. The van der Waals surface area contributed by atoms with Crippen molar-refractivity contribution in [3.63, 3.8) is 0 Å². The lowest BCUT2D eigenvalue weighted by atomic mass is 10.1. The monoisotopic (exact) mass is 179 g/mol. The van der Waals surface area contributed by atoms with Gasteiger partial charge in [-0.1, -0.05) is 25.7 Å². The fraction of sp³-hybridized carbons (Fsp3) is 0.727. The molecule has 0 saturated heterocycles. The predicted octanol–water partition coefficient (Wildman–Crippen LogP) is 1.70. The van der Waals surface area contributed by atoms with Gasteiger partial charge < -0.3 is 5.32 Å². The number of carbonyl (C=O) groups is 1. The van der Waals surface area contributed by atoms with Gasteiger partial charge in [-0.15, -0.1) is 6.42 Å². The molecule has 1 atom stereocenters. The lowest BCUT2D eigenvalue weighted by Crippen LogP contribution is -2.36.